The van der Waals surface area contributed by atoms with Crippen molar-refractivity contribution >= 4 is 22.4 Å². The van der Waals surface area contributed by atoms with E-state index >= 15 is 0 Å². The van der Waals surface area contributed by atoms with Crippen molar-refractivity contribution in [3.8, 4) is 11.4 Å². The number of ether oxygens (including phenoxy) is 1. The Morgan fingerprint density at radius 3 is 2.60 bits per heavy atom. The minimum Gasteiger partial charge on any atom is -0.497 e. The highest BCUT2D eigenvalue weighted by Gasteiger charge is 2.18. The second kappa shape index (κ2) is 7.90. The third-order valence-electron chi connectivity index (χ3n) is 5.04. The Kier molecular flexibility index (Phi) is 5.14. The number of carbonyl (C=O) groups is 1. The lowest BCUT2D eigenvalue weighted by molar-refractivity contribution is -0.117. The SMILES string of the molecule is COc1ccc2cc([C@H](C)C(=O)Nc3cc(-n4nnnc4C)ccc3F)ccc2c1. The van der Waals surface area contributed by atoms with Gasteiger partial charge in [-0.2, -0.15) is 4.68 Å². The Morgan fingerprint density at radius 1 is 1.10 bits per heavy atom. The van der Waals surface area contributed by atoms with Crippen LogP contribution in [0.2, 0.25) is 0 Å². The van der Waals surface area contributed by atoms with Crippen LogP contribution in [0.1, 0.15) is 24.2 Å². The molecule has 1 atom stereocenters. The van der Waals surface area contributed by atoms with E-state index in [1.807, 2.05) is 36.4 Å². The molecule has 1 amide bonds. The van der Waals surface area contributed by atoms with Crippen LogP contribution in [0.3, 0.4) is 0 Å². The van der Waals surface area contributed by atoms with E-state index in [9.17, 15) is 9.18 Å². The zero-order chi connectivity index (χ0) is 21.3. The van der Waals surface area contributed by atoms with E-state index in [0.717, 1.165) is 22.1 Å². The molecule has 7 nitrogen and oxygen atoms in total. The summed E-state index contributed by atoms with van der Waals surface area (Å²) in [6.07, 6.45) is 0. The maximum atomic E-state index is 14.3. The first-order valence-electron chi connectivity index (χ1n) is 9.40. The molecule has 1 aromatic heterocycles. The third-order valence-corrected chi connectivity index (χ3v) is 5.04. The number of fused-ring (bicyclic) bond motifs is 1. The minimum atomic E-state index is -0.532. The van der Waals surface area contributed by atoms with E-state index in [-0.39, 0.29) is 11.6 Å². The quantitative estimate of drug-likeness (QED) is 0.542. The molecule has 0 saturated carbocycles. The maximum Gasteiger partial charge on any atom is 0.231 e. The molecule has 1 N–H and O–H groups in total. The van der Waals surface area contributed by atoms with Gasteiger partial charge in [0.15, 0.2) is 5.82 Å². The number of nitrogens with zero attached hydrogens (tertiary/aromatic N) is 4. The molecule has 0 spiro atoms. The molecule has 1 heterocycles. The fourth-order valence-corrected chi connectivity index (χ4v) is 3.24. The van der Waals surface area contributed by atoms with Crippen LogP contribution in [0.25, 0.3) is 16.5 Å². The largest absolute Gasteiger partial charge is 0.497 e. The minimum absolute atomic E-state index is 0.0739. The van der Waals surface area contributed by atoms with Gasteiger partial charge in [-0.25, -0.2) is 4.39 Å². The predicted molar refractivity (Wildman–Crippen MR) is 111 cm³/mol. The second-order valence-corrected chi connectivity index (χ2v) is 6.99. The number of benzene rings is 3. The zero-order valence-electron chi connectivity index (χ0n) is 16.8. The lowest BCUT2D eigenvalue weighted by Gasteiger charge is -2.15. The van der Waals surface area contributed by atoms with Crippen LogP contribution >= 0.6 is 0 Å². The van der Waals surface area contributed by atoms with E-state index < -0.39 is 11.7 Å². The standard InChI is InChI=1S/C22H20FN5O2/c1-13(15-4-5-17-11-19(30-3)8-6-16(17)10-15)22(29)24-21-12-18(7-9-20(21)23)28-14(2)25-26-27-28/h4-13H,1-3H3,(H,24,29)/t13-/m0/s1. The summed E-state index contributed by atoms with van der Waals surface area (Å²) in [4.78, 5) is 12.8. The summed E-state index contributed by atoms with van der Waals surface area (Å²) < 4.78 is 21.0. The van der Waals surface area contributed by atoms with Gasteiger partial charge in [0, 0.05) is 0 Å². The van der Waals surface area contributed by atoms with Gasteiger partial charge in [-0.3, -0.25) is 4.79 Å². The average Bonchev–Trinajstić information content (AvgIpc) is 3.19. The van der Waals surface area contributed by atoms with E-state index in [1.54, 1.807) is 27.0 Å². The number of anilines is 1. The van der Waals surface area contributed by atoms with Crippen LogP contribution in [0.4, 0.5) is 10.1 Å². The topological polar surface area (TPSA) is 81.9 Å². The molecule has 8 heteroatoms. The summed E-state index contributed by atoms with van der Waals surface area (Å²) in [5, 5.41) is 16.0. The Labute approximate surface area is 172 Å². The van der Waals surface area contributed by atoms with Crippen LogP contribution in [0, 0.1) is 12.7 Å². The van der Waals surface area contributed by atoms with Crippen LogP contribution in [0.15, 0.2) is 54.6 Å². The molecular formula is C22H20FN5O2. The summed E-state index contributed by atoms with van der Waals surface area (Å²) >= 11 is 0. The number of aryl methyl sites for hydroxylation is 1. The Bertz CT molecular complexity index is 1240. The highest BCUT2D eigenvalue weighted by Crippen LogP contribution is 2.27. The summed E-state index contributed by atoms with van der Waals surface area (Å²) in [5.41, 5.74) is 1.46. The average molecular weight is 405 g/mol. The number of tetrazole rings is 1. The summed E-state index contributed by atoms with van der Waals surface area (Å²) in [5.74, 6) is 0.00609. The molecule has 0 aliphatic heterocycles. The third kappa shape index (κ3) is 3.71. The molecule has 0 fully saturated rings. The predicted octanol–water partition coefficient (Wildman–Crippen LogP) is 4.01. The highest BCUT2D eigenvalue weighted by molar-refractivity contribution is 5.97. The van der Waals surface area contributed by atoms with Crippen molar-refractivity contribution in [1.82, 2.24) is 20.2 Å². The van der Waals surface area contributed by atoms with Gasteiger partial charge in [0.25, 0.3) is 0 Å². The molecule has 0 radical (unpaired) electrons. The number of carbonyl (C=O) groups excluding carboxylic acids is 1. The smallest absolute Gasteiger partial charge is 0.231 e. The number of hydrogen-bond donors (Lipinski definition) is 1. The van der Waals surface area contributed by atoms with Crippen molar-refractivity contribution in [2.75, 3.05) is 12.4 Å². The van der Waals surface area contributed by atoms with Crippen LogP contribution < -0.4 is 10.1 Å². The second-order valence-electron chi connectivity index (χ2n) is 6.99. The van der Waals surface area contributed by atoms with Crippen LogP contribution in [-0.2, 0) is 4.79 Å². The number of amides is 1. The monoisotopic (exact) mass is 405 g/mol. The highest BCUT2D eigenvalue weighted by atomic mass is 19.1. The van der Waals surface area contributed by atoms with Crippen molar-refractivity contribution in [2.24, 2.45) is 0 Å². The van der Waals surface area contributed by atoms with E-state index in [0.29, 0.717) is 11.5 Å². The van der Waals surface area contributed by atoms with Gasteiger partial charge in [0.1, 0.15) is 11.6 Å². The number of rotatable bonds is 5. The van der Waals surface area contributed by atoms with Gasteiger partial charge in [-0.05, 0) is 70.9 Å². The van der Waals surface area contributed by atoms with Gasteiger partial charge in [-0.15, -0.1) is 5.10 Å². The van der Waals surface area contributed by atoms with Gasteiger partial charge in [0.05, 0.1) is 24.4 Å². The van der Waals surface area contributed by atoms with Crippen molar-refractivity contribution in [1.29, 1.82) is 0 Å². The Balaban J connectivity index is 1.58. The molecule has 4 aromatic rings. The number of nitrogens with one attached hydrogen (secondary N) is 1. The number of methoxy groups -OCH3 is 1. The Hall–Kier alpha value is -3.81. The first kappa shape index (κ1) is 19.5. The van der Waals surface area contributed by atoms with Crippen molar-refractivity contribution < 1.29 is 13.9 Å². The normalized spacial score (nSPS) is 12.0. The van der Waals surface area contributed by atoms with E-state index in [2.05, 4.69) is 20.8 Å². The molecule has 30 heavy (non-hydrogen) atoms. The Morgan fingerprint density at radius 2 is 1.87 bits per heavy atom. The van der Waals surface area contributed by atoms with E-state index in [1.165, 1.54) is 16.8 Å². The van der Waals surface area contributed by atoms with E-state index in [4.69, 9.17) is 4.74 Å². The fraction of sp³-hybridized carbons (Fsp3) is 0.182. The molecular weight excluding hydrogens is 385 g/mol. The number of halogens is 1. The zero-order valence-corrected chi connectivity index (χ0v) is 16.8. The van der Waals surface area contributed by atoms with Gasteiger partial charge in [-0.1, -0.05) is 24.3 Å². The lowest BCUT2D eigenvalue weighted by Crippen LogP contribution is -2.19. The molecule has 152 valence electrons. The summed E-state index contributed by atoms with van der Waals surface area (Å²) in [7, 11) is 1.62. The van der Waals surface area contributed by atoms with Crippen LogP contribution in [0.5, 0.6) is 5.75 Å². The molecule has 4 rings (SSSR count). The molecule has 0 aliphatic carbocycles. The maximum absolute atomic E-state index is 14.3. The number of hydrogen-bond acceptors (Lipinski definition) is 5. The van der Waals surface area contributed by atoms with Crippen molar-refractivity contribution in [3.05, 3.63) is 71.8 Å². The molecule has 0 unspecified atom stereocenters. The molecule has 0 aliphatic rings. The molecule has 0 saturated heterocycles. The van der Waals surface area contributed by atoms with Gasteiger partial charge >= 0.3 is 0 Å². The summed E-state index contributed by atoms with van der Waals surface area (Å²) in [6, 6.07) is 15.9. The molecule has 0 bridgehead atoms. The van der Waals surface area contributed by atoms with Crippen molar-refractivity contribution in [3.63, 3.8) is 0 Å². The number of aromatic nitrogens is 4. The fourth-order valence-electron chi connectivity index (χ4n) is 3.24. The molecule has 3 aromatic carbocycles. The van der Waals surface area contributed by atoms with Crippen molar-refractivity contribution in [2.45, 2.75) is 19.8 Å². The van der Waals surface area contributed by atoms with Crippen LogP contribution in [-0.4, -0.2) is 33.2 Å². The van der Waals surface area contributed by atoms with Gasteiger partial charge < -0.3 is 10.1 Å². The first-order valence-corrected chi connectivity index (χ1v) is 9.40. The van der Waals surface area contributed by atoms with Gasteiger partial charge in [0.2, 0.25) is 5.91 Å². The first-order chi connectivity index (χ1) is 14.5. The summed E-state index contributed by atoms with van der Waals surface area (Å²) in [6.45, 7) is 3.52. The lowest BCUT2D eigenvalue weighted by atomic mass is 9.97.